The highest BCUT2D eigenvalue weighted by molar-refractivity contribution is 8.03. The van der Waals surface area contributed by atoms with Crippen molar-refractivity contribution in [3.8, 4) is 0 Å². The number of hydrogen-bond acceptors (Lipinski definition) is 3. The van der Waals surface area contributed by atoms with Gasteiger partial charge in [-0.05, 0) is 6.08 Å². The van der Waals surface area contributed by atoms with Crippen molar-refractivity contribution in [3.05, 3.63) is 22.9 Å². The summed E-state index contributed by atoms with van der Waals surface area (Å²) in [6, 6.07) is 0. The Hall–Kier alpha value is -0.570. The van der Waals surface area contributed by atoms with E-state index in [0.29, 0.717) is 5.03 Å². The zero-order chi connectivity index (χ0) is 5.98. The molecule has 0 saturated heterocycles. The minimum atomic E-state index is 0.196. The van der Waals surface area contributed by atoms with Crippen LogP contribution in [0.3, 0.4) is 0 Å². The standard InChI is InChI=1S/C5H7NOS/c6-5-4(7)2-1-3-8-5/h1-2,7H,3,6H2. The van der Waals surface area contributed by atoms with Crippen LogP contribution >= 0.6 is 11.8 Å². The fraction of sp³-hybridized carbons (Fsp3) is 0.200. The zero-order valence-electron chi connectivity index (χ0n) is 4.29. The third kappa shape index (κ3) is 0.980. The molecule has 44 valence electrons. The Bertz CT molecular complexity index is 151. The van der Waals surface area contributed by atoms with Crippen LogP contribution in [0.1, 0.15) is 0 Å². The molecule has 1 aliphatic rings. The highest BCUT2D eigenvalue weighted by Crippen LogP contribution is 2.17. The molecule has 8 heavy (non-hydrogen) atoms. The van der Waals surface area contributed by atoms with Crippen molar-refractivity contribution in [3.63, 3.8) is 0 Å². The Labute approximate surface area is 52.1 Å². The lowest BCUT2D eigenvalue weighted by Gasteiger charge is -2.03. The van der Waals surface area contributed by atoms with Gasteiger partial charge in [-0.2, -0.15) is 0 Å². The molecule has 0 amide bonds. The topological polar surface area (TPSA) is 46.2 Å². The molecule has 0 saturated carbocycles. The summed E-state index contributed by atoms with van der Waals surface area (Å²) in [6.07, 6.45) is 3.49. The van der Waals surface area contributed by atoms with E-state index in [1.807, 2.05) is 6.08 Å². The smallest absolute Gasteiger partial charge is 0.144 e. The summed E-state index contributed by atoms with van der Waals surface area (Å²) in [5.41, 5.74) is 5.32. The summed E-state index contributed by atoms with van der Waals surface area (Å²) < 4.78 is 0. The van der Waals surface area contributed by atoms with E-state index in [2.05, 4.69) is 0 Å². The van der Waals surface area contributed by atoms with Crippen LogP contribution in [0.15, 0.2) is 22.9 Å². The van der Waals surface area contributed by atoms with E-state index in [0.717, 1.165) is 5.75 Å². The van der Waals surface area contributed by atoms with Crippen molar-refractivity contribution in [1.82, 2.24) is 0 Å². The van der Waals surface area contributed by atoms with Crippen molar-refractivity contribution in [1.29, 1.82) is 0 Å². The monoisotopic (exact) mass is 129 g/mol. The molecule has 1 aliphatic heterocycles. The summed E-state index contributed by atoms with van der Waals surface area (Å²) in [4.78, 5) is 0. The Morgan fingerprint density at radius 1 is 1.75 bits per heavy atom. The summed E-state index contributed by atoms with van der Waals surface area (Å²) in [6.45, 7) is 0. The van der Waals surface area contributed by atoms with Crippen LogP contribution in [0.4, 0.5) is 0 Å². The normalized spacial score (nSPS) is 19.5. The van der Waals surface area contributed by atoms with Gasteiger partial charge in [0, 0.05) is 5.75 Å². The molecule has 0 bridgehead atoms. The zero-order valence-corrected chi connectivity index (χ0v) is 5.11. The maximum atomic E-state index is 8.82. The molecule has 0 aromatic rings. The molecule has 0 fully saturated rings. The van der Waals surface area contributed by atoms with Gasteiger partial charge in [0.25, 0.3) is 0 Å². The SMILES string of the molecule is NC1=C(O)C=CCS1. The lowest BCUT2D eigenvalue weighted by Crippen LogP contribution is -2.00. The van der Waals surface area contributed by atoms with Gasteiger partial charge >= 0.3 is 0 Å². The van der Waals surface area contributed by atoms with Crippen molar-refractivity contribution in [2.75, 3.05) is 5.75 Å². The molecule has 0 unspecified atom stereocenters. The molecule has 0 aliphatic carbocycles. The number of nitrogens with two attached hydrogens (primary N) is 1. The second-order valence-corrected chi connectivity index (χ2v) is 2.52. The summed E-state index contributed by atoms with van der Waals surface area (Å²) in [7, 11) is 0. The molecular formula is C5H7NOS. The highest BCUT2D eigenvalue weighted by atomic mass is 32.2. The van der Waals surface area contributed by atoms with Gasteiger partial charge in [0.15, 0.2) is 0 Å². The lowest BCUT2D eigenvalue weighted by molar-refractivity contribution is 0.428. The Kier molecular flexibility index (Phi) is 1.48. The maximum absolute atomic E-state index is 8.82. The van der Waals surface area contributed by atoms with Gasteiger partial charge in [-0.15, -0.1) is 11.8 Å². The molecule has 0 aromatic carbocycles. The summed E-state index contributed by atoms with van der Waals surface area (Å²) >= 11 is 1.45. The number of allylic oxidation sites excluding steroid dienone is 1. The molecule has 3 N–H and O–H groups in total. The predicted octanol–water partition coefficient (Wildman–Crippen LogP) is 0.975. The lowest BCUT2D eigenvalue weighted by atomic mass is 10.4. The van der Waals surface area contributed by atoms with Crippen molar-refractivity contribution in [2.45, 2.75) is 0 Å². The van der Waals surface area contributed by atoms with Gasteiger partial charge in [-0.1, -0.05) is 6.08 Å². The summed E-state index contributed by atoms with van der Waals surface area (Å²) in [5.74, 6) is 1.07. The van der Waals surface area contributed by atoms with Crippen LogP contribution in [0.2, 0.25) is 0 Å². The first kappa shape index (κ1) is 5.56. The van der Waals surface area contributed by atoms with Crippen LogP contribution in [0.25, 0.3) is 0 Å². The average Bonchev–Trinajstić information content (AvgIpc) is 1.77. The van der Waals surface area contributed by atoms with E-state index < -0.39 is 0 Å². The number of hydrogen-bond donors (Lipinski definition) is 2. The number of thioether (sulfide) groups is 1. The number of aliphatic hydroxyl groups is 1. The second-order valence-electron chi connectivity index (χ2n) is 1.46. The number of rotatable bonds is 0. The minimum Gasteiger partial charge on any atom is -0.505 e. The Balaban J connectivity index is 2.76. The van der Waals surface area contributed by atoms with E-state index in [-0.39, 0.29) is 5.76 Å². The Morgan fingerprint density at radius 2 is 2.50 bits per heavy atom. The van der Waals surface area contributed by atoms with E-state index in [9.17, 15) is 0 Å². The van der Waals surface area contributed by atoms with Gasteiger partial charge in [-0.25, -0.2) is 0 Å². The molecule has 0 spiro atoms. The van der Waals surface area contributed by atoms with E-state index in [1.165, 1.54) is 11.8 Å². The summed E-state index contributed by atoms with van der Waals surface area (Å²) in [5, 5.41) is 9.35. The average molecular weight is 129 g/mol. The quantitative estimate of drug-likeness (QED) is 0.512. The fourth-order valence-electron chi connectivity index (χ4n) is 0.454. The Morgan fingerprint density at radius 3 is 2.88 bits per heavy atom. The fourth-order valence-corrected chi connectivity index (χ4v) is 1.04. The van der Waals surface area contributed by atoms with Crippen molar-refractivity contribution < 1.29 is 5.11 Å². The molecule has 0 atom stereocenters. The van der Waals surface area contributed by atoms with Crippen LogP contribution in [0.5, 0.6) is 0 Å². The van der Waals surface area contributed by atoms with E-state index in [1.54, 1.807) is 6.08 Å². The van der Waals surface area contributed by atoms with E-state index in [4.69, 9.17) is 10.8 Å². The third-order valence-corrected chi connectivity index (χ3v) is 1.74. The largest absolute Gasteiger partial charge is 0.505 e. The first-order valence-electron chi connectivity index (χ1n) is 2.29. The minimum absolute atomic E-state index is 0.196. The van der Waals surface area contributed by atoms with Gasteiger partial charge in [0.1, 0.15) is 10.8 Å². The van der Waals surface area contributed by atoms with Gasteiger partial charge in [0.05, 0.1) is 0 Å². The van der Waals surface area contributed by atoms with E-state index >= 15 is 0 Å². The van der Waals surface area contributed by atoms with Gasteiger partial charge in [0.2, 0.25) is 0 Å². The van der Waals surface area contributed by atoms with Crippen LogP contribution in [0, 0.1) is 0 Å². The van der Waals surface area contributed by atoms with Crippen LogP contribution < -0.4 is 5.73 Å². The molecule has 0 radical (unpaired) electrons. The molecule has 0 aromatic heterocycles. The molecular weight excluding hydrogens is 122 g/mol. The first-order valence-corrected chi connectivity index (χ1v) is 3.27. The maximum Gasteiger partial charge on any atom is 0.144 e. The molecule has 1 heterocycles. The van der Waals surface area contributed by atoms with Crippen molar-refractivity contribution in [2.24, 2.45) is 5.73 Å². The first-order chi connectivity index (χ1) is 3.80. The van der Waals surface area contributed by atoms with Gasteiger partial charge < -0.3 is 10.8 Å². The van der Waals surface area contributed by atoms with Gasteiger partial charge in [-0.3, -0.25) is 0 Å². The van der Waals surface area contributed by atoms with Crippen LogP contribution in [-0.2, 0) is 0 Å². The van der Waals surface area contributed by atoms with Crippen LogP contribution in [-0.4, -0.2) is 10.9 Å². The molecule has 1 rings (SSSR count). The molecule has 3 heteroatoms. The third-order valence-electron chi connectivity index (χ3n) is 0.863. The predicted molar refractivity (Wildman–Crippen MR) is 35.4 cm³/mol. The van der Waals surface area contributed by atoms with Crippen molar-refractivity contribution >= 4 is 11.8 Å². The second kappa shape index (κ2) is 2.13. The molecule has 2 nitrogen and oxygen atoms in total. The highest BCUT2D eigenvalue weighted by Gasteiger charge is 2.00. The number of aliphatic hydroxyl groups excluding tert-OH is 1.